The minimum absolute atomic E-state index is 0.00174. The number of rotatable bonds is 12. The van der Waals surface area contributed by atoms with Crippen LogP contribution in [0.4, 0.5) is 0 Å². The van der Waals surface area contributed by atoms with E-state index < -0.39 is 5.92 Å². The van der Waals surface area contributed by atoms with Gasteiger partial charge in [-0.2, -0.15) is 4.98 Å². The molecule has 3 atom stereocenters. The molecule has 0 radical (unpaired) electrons. The summed E-state index contributed by atoms with van der Waals surface area (Å²) < 4.78 is 11.9. The highest BCUT2D eigenvalue weighted by Crippen LogP contribution is 2.38. The molecule has 8 nitrogen and oxygen atoms in total. The van der Waals surface area contributed by atoms with Gasteiger partial charge in [-0.1, -0.05) is 19.9 Å². The summed E-state index contributed by atoms with van der Waals surface area (Å²) in [4.78, 5) is 42.0. The number of methoxy groups -OCH3 is 1. The molecule has 1 aliphatic carbocycles. The molecule has 9 heteroatoms. The topological polar surface area (TPSA) is 94.5 Å². The van der Waals surface area contributed by atoms with E-state index in [9.17, 15) is 9.59 Å². The average molecular weight is 551 g/mol. The Bertz CT molecular complexity index is 1340. The SMILES string of the molecule is C=CCCCCN(C)C(=O)[C@@H]1C[C@H](Oc2nc(-c3nc(C(C)C)cs3)nc3cc(OC)ccc23)C[C@H]1C(C)=O. The first-order valence-electron chi connectivity index (χ1n) is 13.6. The molecule has 0 N–H and O–H groups in total. The lowest BCUT2D eigenvalue weighted by Gasteiger charge is -2.23. The number of amides is 1. The van der Waals surface area contributed by atoms with Crippen molar-refractivity contribution in [3.05, 3.63) is 41.9 Å². The zero-order valence-electron chi connectivity index (χ0n) is 23.5. The van der Waals surface area contributed by atoms with Crippen LogP contribution in [0.25, 0.3) is 21.7 Å². The molecule has 0 bridgehead atoms. The Morgan fingerprint density at radius 3 is 2.62 bits per heavy atom. The van der Waals surface area contributed by atoms with Crippen LogP contribution < -0.4 is 9.47 Å². The Balaban J connectivity index is 1.60. The third-order valence-electron chi connectivity index (χ3n) is 7.34. The van der Waals surface area contributed by atoms with Crippen LogP contribution in [0, 0.1) is 11.8 Å². The number of hydrogen-bond acceptors (Lipinski definition) is 8. The molecule has 1 fully saturated rings. The first kappa shape index (κ1) is 28.7. The largest absolute Gasteiger partial charge is 0.497 e. The van der Waals surface area contributed by atoms with Gasteiger partial charge in [-0.25, -0.2) is 9.97 Å². The monoisotopic (exact) mass is 550 g/mol. The fourth-order valence-corrected chi connectivity index (χ4v) is 5.96. The average Bonchev–Trinajstić information content (AvgIpc) is 3.58. The number of fused-ring (bicyclic) bond motifs is 1. The summed E-state index contributed by atoms with van der Waals surface area (Å²) in [6, 6.07) is 5.58. The van der Waals surface area contributed by atoms with E-state index in [0.29, 0.717) is 53.3 Å². The lowest BCUT2D eigenvalue weighted by molar-refractivity contribution is -0.138. The highest BCUT2D eigenvalue weighted by molar-refractivity contribution is 7.13. The zero-order chi connectivity index (χ0) is 28.1. The second kappa shape index (κ2) is 12.7. The van der Waals surface area contributed by atoms with Crippen LogP contribution in [0.1, 0.15) is 64.5 Å². The van der Waals surface area contributed by atoms with Gasteiger partial charge in [-0.3, -0.25) is 9.59 Å². The van der Waals surface area contributed by atoms with E-state index in [1.807, 2.05) is 36.7 Å². The number of nitrogens with zero attached hydrogens (tertiary/aromatic N) is 4. The molecular weight excluding hydrogens is 512 g/mol. The normalized spacial score (nSPS) is 18.9. The lowest BCUT2D eigenvalue weighted by Crippen LogP contribution is -2.37. The number of ketones is 1. The van der Waals surface area contributed by atoms with Crippen molar-refractivity contribution in [2.45, 2.75) is 64.9 Å². The van der Waals surface area contributed by atoms with E-state index in [0.717, 1.165) is 30.3 Å². The lowest BCUT2D eigenvalue weighted by atomic mass is 9.91. The van der Waals surface area contributed by atoms with E-state index in [1.165, 1.54) is 11.3 Å². The van der Waals surface area contributed by atoms with E-state index in [4.69, 9.17) is 24.4 Å². The van der Waals surface area contributed by atoms with Crippen LogP contribution in [-0.4, -0.2) is 58.3 Å². The standard InChI is InChI=1S/C30H38N4O4S/c1-7-8-9-10-13-34(5)30(36)24-15-21(14-23(24)19(4)35)38-28-22-12-11-20(37-6)16-25(22)31-27(33-28)29-32-26(17-39-29)18(2)3/h7,11-12,16-18,21,23-24H,1,8-10,13-15H2,2-6H3/t21-,23+,24-/m1/s1. The number of allylic oxidation sites excluding steroid dienone is 1. The third kappa shape index (κ3) is 6.64. The summed E-state index contributed by atoms with van der Waals surface area (Å²) in [5.41, 5.74) is 1.67. The fraction of sp³-hybridized carbons (Fsp3) is 0.500. The first-order chi connectivity index (χ1) is 18.7. The van der Waals surface area contributed by atoms with Crippen molar-refractivity contribution < 1.29 is 19.1 Å². The van der Waals surface area contributed by atoms with E-state index in [-0.39, 0.29) is 23.7 Å². The third-order valence-corrected chi connectivity index (χ3v) is 8.20. The Morgan fingerprint density at radius 1 is 1.18 bits per heavy atom. The van der Waals surface area contributed by atoms with Gasteiger partial charge in [0.05, 0.1) is 29.6 Å². The number of ether oxygens (including phenoxy) is 2. The summed E-state index contributed by atoms with van der Waals surface area (Å²) in [5, 5.41) is 3.49. The Hall–Kier alpha value is -3.33. The molecule has 39 heavy (non-hydrogen) atoms. The number of hydrogen-bond donors (Lipinski definition) is 0. The predicted octanol–water partition coefficient (Wildman–Crippen LogP) is 6.06. The molecule has 1 aliphatic rings. The van der Waals surface area contributed by atoms with Crippen molar-refractivity contribution in [2.24, 2.45) is 11.8 Å². The number of Topliss-reactive ketones (excluding diaryl/α,β-unsaturated/α-hetero) is 1. The molecule has 208 valence electrons. The maximum absolute atomic E-state index is 13.4. The minimum atomic E-state index is -0.405. The van der Waals surface area contributed by atoms with Gasteiger partial charge in [0.2, 0.25) is 11.8 Å². The highest BCUT2D eigenvalue weighted by Gasteiger charge is 2.43. The van der Waals surface area contributed by atoms with E-state index in [1.54, 1.807) is 18.9 Å². The van der Waals surface area contributed by atoms with Gasteiger partial charge in [-0.05, 0) is 57.1 Å². The summed E-state index contributed by atoms with van der Waals surface area (Å²) in [5.74, 6) is 1.12. The summed E-state index contributed by atoms with van der Waals surface area (Å²) in [6.45, 7) is 10.2. The number of aromatic nitrogens is 3. The Kier molecular flexibility index (Phi) is 9.32. The second-order valence-corrected chi connectivity index (χ2v) is 11.4. The van der Waals surface area contributed by atoms with Crippen molar-refractivity contribution >= 4 is 33.9 Å². The molecule has 3 aromatic rings. The predicted molar refractivity (Wildman–Crippen MR) is 154 cm³/mol. The molecule has 2 heterocycles. The molecule has 2 aromatic heterocycles. The quantitative estimate of drug-likeness (QED) is 0.200. The molecule has 0 unspecified atom stereocenters. The number of benzene rings is 1. The minimum Gasteiger partial charge on any atom is -0.497 e. The van der Waals surface area contributed by atoms with Crippen LogP contribution in [0.2, 0.25) is 0 Å². The number of unbranched alkanes of at least 4 members (excludes halogenated alkanes) is 2. The van der Waals surface area contributed by atoms with Crippen molar-refractivity contribution in [3.63, 3.8) is 0 Å². The van der Waals surface area contributed by atoms with Gasteiger partial charge < -0.3 is 14.4 Å². The summed E-state index contributed by atoms with van der Waals surface area (Å²) in [7, 11) is 3.43. The Morgan fingerprint density at radius 2 is 1.95 bits per heavy atom. The molecule has 0 saturated heterocycles. The van der Waals surface area contributed by atoms with E-state index >= 15 is 0 Å². The van der Waals surface area contributed by atoms with Gasteiger partial charge in [-0.15, -0.1) is 17.9 Å². The van der Waals surface area contributed by atoms with Crippen LogP contribution >= 0.6 is 11.3 Å². The van der Waals surface area contributed by atoms with Crippen LogP contribution in [0.3, 0.4) is 0 Å². The number of carbonyl (C=O) groups is 2. The van der Waals surface area contributed by atoms with Crippen molar-refractivity contribution in [1.29, 1.82) is 0 Å². The molecule has 1 saturated carbocycles. The summed E-state index contributed by atoms with van der Waals surface area (Å²) in [6.07, 6.45) is 5.32. The van der Waals surface area contributed by atoms with Gasteiger partial charge in [0.1, 0.15) is 17.6 Å². The molecular formula is C30H38N4O4S. The van der Waals surface area contributed by atoms with Gasteiger partial charge >= 0.3 is 0 Å². The maximum atomic E-state index is 13.4. The fourth-order valence-electron chi connectivity index (χ4n) is 5.05. The van der Waals surface area contributed by atoms with Crippen molar-refractivity contribution in [3.8, 4) is 22.5 Å². The molecule has 4 rings (SSSR count). The van der Waals surface area contributed by atoms with E-state index in [2.05, 4.69) is 20.4 Å². The number of carbonyl (C=O) groups excluding carboxylic acids is 2. The van der Waals surface area contributed by atoms with Crippen molar-refractivity contribution in [2.75, 3.05) is 20.7 Å². The van der Waals surface area contributed by atoms with Crippen LogP contribution in [0.15, 0.2) is 36.2 Å². The van der Waals surface area contributed by atoms with Gasteiger partial charge in [0, 0.05) is 31.0 Å². The maximum Gasteiger partial charge on any atom is 0.226 e. The Labute approximate surface area is 234 Å². The van der Waals surface area contributed by atoms with Gasteiger partial charge in [0.25, 0.3) is 0 Å². The zero-order valence-corrected chi connectivity index (χ0v) is 24.3. The van der Waals surface area contributed by atoms with Crippen LogP contribution in [0.5, 0.6) is 11.6 Å². The first-order valence-corrected chi connectivity index (χ1v) is 14.4. The molecule has 1 aromatic carbocycles. The molecule has 0 spiro atoms. The second-order valence-electron chi connectivity index (χ2n) is 10.5. The molecule has 1 amide bonds. The highest BCUT2D eigenvalue weighted by atomic mass is 32.1. The summed E-state index contributed by atoms with van der Waals surface area (Å²) >= 11 is 1.50. The van der Waals surface area contributed by atoms with Gasteiger partial charge in [0.15, 0.2) is 10.8 Å². The van der Waals surface area contributed by atoms with Crippen molar-refractivity contribution in [1.82, 2.24) is 19.9 Å². The smallest absolute Gasteiger partial charge is 0.226 e. The number of thiazole rings is 1. The molecule has 0 aliphatic heterocycles. The van der Waals surface area contributed by atoms with Crippen LogP contribution in [-0.2, 0) is 9.59 Å².